The van der Waals surface area contributed by atoms with Crippen molar-refractivity contribution in [1.82, 2.24) is 10.7 Å². The van der Waals surface area contributed by atoms with E-state index in [4.69, 9.17) is 12.2 Å². The van der Waals surface area contributed by atoms with Gasteiger partial charge in [0.1, 0.15) is 0 Å². The molecular weight excluding hydrogens is 278 g/mol. The minimum atomic E-state index is 0.526. The second-order valence-corrected chi connectivity index (χ2v) is 6.40. The maximum absolute atomic E-state index is 5.37. The molecule has 0 bridgehead atoms. The second kappa shape index (κ2) is 7.03. The molecule has 0 spiro atoms. The summed E-state index contributed by atoms with van der Waals surface area (Å²) in [7, 11) is 0. The summed E-state index contributed by atoms with van der Waals surface area (Å²) >= 11 is 5.37. The van der Waals surface area contributed by atoms with Crippen LogP contribution in [0.1, 0.15) is 56.1 Å². The predicted molar refractivity (Wildman–Crippen MR) is 91.7 cm³/mol. The first-order valence-electron chi connectivity index (χ1n) is 8.04. The van der Waals surface area contributed by atoms with Gasteiger partial charge in [-0.2, -0.15) is 5.10 Å². The van der Waals surface area contributed by atoms with Gasteiger partial charge in [0.25, 0.3) is 0 Å². The molecule has 2 aliphatic carbocycles. The SMILES string of the molecule is S=C(N/N=C1/CCCc2ccccc21)NC1CCCCC1. The molecule has 1 fully saturated rings. The van der Waals surface area contributed by atoms with Crippen molar-refractivity contribution in [3.63, 3.8) is 0 Å². The van der Waals surface area contributed by atoms with Crippen molar-refractivity contribution in [1.29, 1.82) is 0 Å². The maximum atomic E-state index is 5.37. The lowest BCUT2D eigenvalue weighted by Crippen LogP contribution is -2.41. The Bertz CT molecular complexity index is 533. The number of hydrogen-bond donors (Lipinski definition) is 2. The first kappa shape index (κ1) is 14.5. The van der Waals surface area contributed by atoms with Crippen LogP contribution in [-0.4, -0.2) is 16.9 Å². The molecule has 1 aromatic carbocycles. The molecule has 2 N–H and O–H groups in total. The van der Waals surface area contributed by atoms with Gasteiger partial charge < -0.3 is 5.32 Å². The molecule has 0 aromatic heterocycles. The summed E-state index contributed by atoms with van der Waals surface area (Å²) in [5.74, 6) is 0. The Balaban J connectivity index is 1.60. The van der Waals surface area contributed by atoms with Crippen LogP contribution >= 0.6 is 12.2 Å². The highest BCUT2D eigenvalue weighted by molar-refractivity contribution is 7.80. The Morgan fingerprint density at radius 1 is 1.05 bits per heavy atom. The first-order valence-corrected chi connectivity index (χ1v) is 8.45. The molecule has 3 rings (SSSR count). The molecule has 2 aliphatic rings. The topological polar surface area (TPSA) is 36.4 Å². The van der Waals surface area contributed by atoms with Gasteiger partial charge in [0.05, 0.1) is 5.71 Å². The minimum absolute atomic E-state index is 0.526. The van der Waals surface area contributed by atoms with E-state index in [1.807, 2.05) is 0 Å². The lowest BCUT2D eigenvalue weighted by Gasteiger charge is -2.24. The van der Waals surface area contributed by atoms with Gasteiger partial charge in [-0.15, -0.1) is 0 Å². The number of hydrazone groups is 1. The molecule has 0 radical (unpaired) electrons. The summed E-state index contributed by atoms with van der Waals surface area (Å²) in [6.07, 6.45) is 9.76. The van der Waals surface area contributed by atoms with Crippen LogP contribution in [0.2, 0.25) is 0 Å². The Labute approximate surface area is 132 Å². The third-order valence-electron chi connectivity index (χ3n) is 4.42. The normalized spacial score (nSPS) is 20.9. The average molecular weight is 301 g/mol. The number of nitrogens with zero attached hydrogens (tertiary/aromatic N) is 1. The van der Waals surface area contributed by atoms with Crippen LogP contribution in [-0.2, 0) is 6.42 Å². The molecule has 0 atom stereocenters. The molecule has 0 amide bonds. The molecule has 112 valence electrons. The van der Waals surface area contributed by atoms with Crippen molar-refractivity contribution in [3.05, 3.63) is 35.4 Å². The molecule has 3 nitrogen and oxygen atoms in total. The summed E-state index contributed by atoms with van der Waals surface area (Å²) < 4.78 is 0. The highest BCUT2D eigenvalue weighted by Gasteiger charge is 2.16. The first-order chi connectivity index (χ1) is 10.3. The number of hydrogen-bond acceptors (Lipinski definition) is 2. The maximum Gasteiger partial charge on any atom is 0.187 e. The fourth-order valence-corrected chi connectivity index (χ4v) is 3.51. The van der Waals surface area contributed by atoms with E-state index in [-0.39, 0.29) is 0 Å². The highest BCUT2D eigenvalue weighted by Crippen LogP contribution is 2.21. The number of rotatable bonds is 2. The quantitative estimate of drug-likeness (QED) is 0.648. The molecule has 1 saturated carbocycles. The van der Waals surface area contributed by atoms with Crippen molar-refractivity contribution in [2.75, 3.05) is 0 Å². The summed E-state index contributed by atoms with van der Waals surface area (Å²) in [6, 6.07) is 9.07. The van der Waals surface area contributed by atoms with Gasteiger partial charge in [0, 0.05) is 11.6 Å². The zero-order chi connectivity index (χ0) is 14.5. The zero-order valence-corrected chi connectivity index (χ0v) is 13.2. The van der Waals surface area contributed by atoms with Crippen LogP contribution in [0.4, 0.5) is 0 Å². The number of aryl methyl sites for hydroxylation is 1. The Morgan fingerprint density at radius 2 is 1.86 bits per heavy atom. The van der Waals surface area contributed by atoms with Gasteiger partial charge in [0.2, 0.25) is 0 Å². The van der Waals surface area contributed by atoms with E-state index >= 15 is 0 Å². The van der Waals surface area contributed by atoms with Crippen LogP contribution < -0.4 is 10.7 Å². The lowest BCUT2D eigenvalue weighted by molar-refractivity contribution is 0.412. The van der Waals surface area contributed by atoms with Crippen molar-refractivity contribution < 1.29 is 0 Å². The second-order valence-electron chi connectivity index (χ2n) is 5.99. The Kier molecular flexibility index (Phi) is 4.86. The van der Waals surface area contributed by atoms with E-state index < -0.39 is 0 Å². The van der Waals surface area contributed by atoms with Gasteiger partial charge in [0.15, 0.2) is 5.11 Å². The summed E-state index contributed by atoms with van der Waals surface area (Å²) in [4.78, 5) is 0. The van der Waals surface area contributed by atoms with Crippen molar-refractivity contribution in [2.45, 2.75) is 57.4 Å². The minimum Gasteiger partial charge on any atom is -0.359 e. The molecule has 1 aromatic rings. The van der Waals surface area contributed by atoms with Crippen molar-refractivity contribution in [2.24, 2.45) is 5.10 Å². The summed E-state index contributed by atoms with van der Waals surface area (Å²) in [6.45, 7) is 0. The molecule has 0 unspecified atom stereocenters. The molecule has 0 aliphatic heterocycles. The molecule has 0 heterocycles. The van der Waals surface area contributed by atoms with E-state index in [1.165, 1.54) is 49.7 Å². The number of fused-ring (bicyclic) bond motifs is 1. The highest BCUT2D eigenvalue weighted by atomic mass is 32.1. The van der Waals surface area contributed by atoms with Gasteiger partial charge in [-0.3, -0.25) is 5.43 Å². The van der Waals surface area contributed by atoms with Gasteiger partial charge in [-0.25, -0.2) is 0 Å². The summed E-state index contributed by atoms with van der Waals surface area (Å²) in [5.41, 5.74) is 6.85. The third-order valence-corrected chi connectivity index (χ3v) is 4.63. The lowest BCUT2D eigenvalue weighted by atomic mass is 9.90. The van der Waals surface area contributed by atoms with E-state index in [1.54, 1.807) is 0 Å². The van der Waals surface area contributed by atoms with Crippen LogP contribution in [0.5, 0.6) is 0 Å². The molecule has 4 heteroatoms. The smallest absolute Gasteiger partial charge is 0.187 e. The van der Waals surface area contributed by atoms with Gasteiger partial charge >= 0.3 is 0 Å². The van der Waals surface area contributed by atoms with E-state index in [0.29, 0.717) is 11.2 Å². The monoisotopic (exact) mass is 301 g/mol. The Hall–Kier alpha value is -1.42. The van der Waals surface area contributed by atoms with Gasteiger partial charge in [-0.1, -0.05) is 43.5 Å². The number of nitrogens with one attached hydrogen (secondary N) is 2. The zero-order valence-electron chi connectivity index (χ0n) is 12.4. The Morgan fingerprint density at radius 3 is 2.71 bits per heavy atom. The standard InChI is InChI=1S/C17H23N3S/c21-17(18-14-9-2-1-3-10-14)20-19-16-12-6-8-13-7-4-5-11-15(13)16/h4-5,7,11,14H,1-3,6,8-10,12H2,(H2,18,20,21)/b19-16-. The third kappa shape index (κ3) is 3.82. The average Bonchev–Trinajstić information content (AvgIpc) is 2.54. The van der Waals surface area contributed by atoms with E-state index in [9.17, 15) is 0 Å². The van der Waals surface area contributed by atoms with Crippen molar-refractivity contribution in [3.8, 4) is 0 Å². The number of benzene rings is 1. The van der Waals surface area contributed by atoms with E-state index in [2.05, 4.69) is 40.1 Å². The fraction of sp³-hybridized carbons (Fsp3) is 0.529. The van der Waals surface area contributed by atoms with Crippen LogP contribution in [0.15, 0.2) is 29.4 Å². The number of thiocarbonyl (C=S) groups is 1. The molecular formula is C17H23N3S. The van der Waals surface area contributed by atoms with Crippen LogP contribution in [0.3, 0.4) is 0 Å². The van der Waals surface area contributed by atoms with Crippen LogP contribution in [0.25, 0.3) is 0 Å². The molecule has 21 heavy (non-hydrogen) atoms. The van der Waals surface area contributed by atoms with E-state index in [0.717, 1.165) is 18.6 Å². The summed E-state index contributed by atoms with van der Waals surface area (Å²) in [5, 5.41) is 8.61. The van der Waals surface area contributed by atoms with Gasteiger partial charge in [-0.05, 0) is 49.9 Å². The largest absolute Gasteiger partial charge is 0.359 e. The molecule has 0 saturated heterocycles. The fourth-order valence-electron chi connectivity index (χ4n) is 3.30. The van der Waals surface area contributed by atoms with Crippen molar-refractivity contribution >= 4 is 23.0 Å². The van der Waals surface area contributed by atoms with Crippen LogP contribution in [0, 0.1) is 0 Å². The predicted octanol–water partition coefficient (Wildman–Crippen LogP) is 3.52.